The third kappa shape index (κ3) is 4.94. The number of pyridine rings is 1. The highest BCUT2D eigenvalue weighted by molar-refractivity contribution is 7.80. The predicted octanol–water partition coefficient (Wildman–Crippen LogP) is 7.12. The molecule has 6 rings (SSSR count). The molecular formula is C32H30N4O3S. The van der Waals surface area contributed by atoms with E-state index in [1.165, 1.54) is 5.56 Å². The number of aromatic nitrogens is 2. The molecule has 2 aromatic carbocycles. The Hall–Kier alpha value is -4.56. The molecule has 1 N–H and O–H groups in total. The lowest BCUT2D eigenvalue weighted by atomic mass is 9.96. The first-order valence-corrected chi connectivity index (χ1v) is 13.5. The highest BCUT2D eigenvalue weighted by atomic mass is 32.1. The van der Waals surface area contributed by atoms with Crippen molar-refractivity contribution in [2.75, 3.05) is 12.0 Å². The van der Waals surface area contributed by atoms with Crippen molar-refractivity contribution in [2.24, 2.45) is 0 Å². The van der Waals surface area contributed by atoms with Crippen LogP contribution in [0.1, 0.15) is 40.5 Å². The zero-order valence-corrected chi connectivity index (χ0v) is 23.4. The fraction of sp³-hybridized carbons (Fsp3) is 0.188. The van der Waals surface area contributed by atoms with Gasteiger partial charge >= 0.3 is 0 Å². The standard InChI is InChI=1S/C32H30N4O3S/c1-21-19-28(22(2)35(21)20-27-7-6-18-38-27)31-30(29-8-4-5-17-33-29)34-32(40)36(31)23-9-11-25(12-10-23)39-26-15-13-24(37-3)14-16-26/h4-19,30-31H,20H2,1-3H3,(H,34,40). The van der Waals surface area contributed by atoms with E-state index in [0.717, 1.165) is 45.8 Å². The van der Waals surface area contributed by atoms with Crippen LogP contribution in [0.25, 0.3) is 0 Å². The molecule has 0 amide bonds. The molecule has 2 atom stereocenters. The highest BCUT2D eigenvalue weighted by Gasteiger charge is 2.42. The van der Waals surface area contributed by atoms with Crippen molar-refractivity contribution in [1.82, 2.24) is 14.9 Å². The topological polar surface area (TPSA) is 64.7 Å². The zero-order chi connectivity index (χ0) is 27.6. The molecule has 2 unspecified atom stereocenters. The van der Waals surface area contributed by atoms with Gasteiger partial charge < -0.3 is 28.7 Å². The first kappa shape index (κ1) is 25.7. The molecule has 8 heteroatoms. The summed E-state index contributed by atoms with van der Waals surface area (Å²) in [5.41, 5.74) is 5.41. The summed E-state index contributed by atoms with van der Waals surface area (Å²) in [5.74, 6) is 3.18. The number of nitrogens with zero attached hydrogens (tertiary/aromatic N) is 3. The number of hydrogen-bond acceptors (Lipinski definition) is 5. The molecular weight excluding hydrogens is 520 g/mol. The van der Waals surface area contributed by atoms with Gasteiger partial charge in [0.05, 0.1) is 37.7 Å². The summed E-state index contributed by atoms with van der Waals surface area (Å²) >= 11 is 5.94. The molecule has 5 aromatic rings. The average molecular weight is 551 g/mol. The summed E-state index contributed by atoms with van der Waals surface area (Å²) < 4.78 is 19.2. The molecule has 40 heavy (non-hydrogen) atoms. The van der Waals surface area contributed by atoms with Crippen LogP contribution in [0.15, 0.2) is 102 Å². The summed E-state index contributed by atoms with van der Waals surface area (Å²) in [6.45, 7) is 4.96. The van der Waals surface area contributed by atoms with Gasteiger partial charge in [-0.25, -0.2) is 0 Å². The Labute approximate surface area is 239 Å². The van der Waals surface area contributed by atoms with E-state index >= 15 is 0 Å². The van der Waals surface area contributed by atoms with Gasteiger partial charge in [-0.15, -0.1) is 0 Å². The second-order valence-corrected chi connectivity index (χ2v) is 10.1. The van der Waals surface area contributed by atoms with Crippen LogP contribution in [0.4, 0.5) is 5.69 Å². The van der Waals surface area contributed by atoms with Gasteiger partial charge in [0, 0.05) is 23.3 Å². The van der Waals surface area contributed by atoms with Crippen molar-refractivity contribution >= 4 is 23.0 Å². The second-order valence-electron chi connectivity index (χ2n) is 9.76. The Morgan fingerprint density at radius 3 is 2.30 bits per heavy atom. The molecule has 202 valence electrons. The molecule has 0 spiro atoms. The Balaban J connectivity index is 1.35. The van der Waals surface area contributed by atoms with Crippen LogP contribution in [-0.2, 0) is 6.54 Å². The SMILES string of the molecule is COc1ccc(Oc2ccc(N3C(=S)NC(c4ccccn4)C3c3cc(C)n(Cc4ccco4)c3C)cc2)cc1. The van der Waals surface area contributed by atoms with Gasteiger partial charge in [0.2, 0.25) is 0 Å². The molecule has 1 aliphatic rings. The maximum absolute atomic E-state index is 6.07. The van der Waals surface area contributed by atoms with Gasteiger partial charge in [-0.3, -0.25) is 4.98 Å². The molecule has 0 bridgehead atoms. The predicted molar refractivity (Wildman–Crippen MR) is 159 cm³/mol. The van der Waals surface area contributed by atoms with E-state index in [2.05, 4.69) is 34.7 Å². The number of thiocarbonyl (C=S) groups is 1. The smallest absolute Gasteiger partial charge is 0.174 e. The summed E-state index contributed by atoms with van der Waals surface area (Å²) in [5, 5.41) is 4.21. The number of nitrogens with one attached hydrogen (secondary N) is 1. The number of anilines is 1. The van der Waals surface area contributed by atoms with Crippen molar-refractivity contribution in [3.8, 4) is 17.2 Å². The van der Waals surface area contributed by atoms with Gasteiger partial charge in [-0.2, -0.15) is 0 Å². The molecule has 1 saturated heterocycles. The Morgan fingerprint density at radius 2 is 1.65 bits per heavy atom. The average Bonchev–Trinajstić information content (AvgIpc) is 3.69. The summed E-state index contributed by atoms with van der Waals surface area (Å²) in [6, 6.07) is 27.5. The lowest BCUT2D eigenvalue weighted by Gasteiger charge is -2.28. The first-order chi connectivity index (χ1) is 19.5. The molecule has 3 aromatic heterocycles. The zero-order valence-electron chi connectivity index (χ0n) is 22.6. The number of furan rings is 1. The minimum Gasteiger partial charge on any atom is -0.497 e. The molecule has 0 radical (unpaired) electrons. The van der Waals surface area contributed by atoms with Crippen LogP contribution in [0.2, 0.25) is 0 Å². The summed E-state index contributed by atoms with van der Waals surface area (Å²) in [4.78, 5) is 6.88. The summed E-state index contributed by atoms with van der Waals surface area (Å²) in [6.07, 6.45) is 3.54. The maximum atomic E-state index is 6.07. The Morgan fingerprint density at radius 1 is 0.925 bits per heavy atom. The van der Waals surface area contributed by atoms with Gasteiger partial charge in [-0.1, -0.05) is 6.07 Å². The van der Waals surface area contributed by atoms with Crippen LogP contribution in [-0.4, -0.2) is 21.8 Å². The van der Waals surface area contributed by atoms with E-state index < -0.39 is 0 Å². The minimum absolute atomic E-state index is 0.104. The molecule has 4 heterocycles. The van der Waals surface area contributed by atoms with Crippen molar-refractivity contribution in [3.63, 3.8) is 0 Å². The first-order valence-electron chi connectivity index (χ1n) is 13.1. The number of aryl methyl sites for hydroxylation is 1. The fourth-order valence-electron chi connectivity index (χ4n) is 5.33. The largest absolute Gasteiger partial charge is 0.497 e. The van der Waals surface area contributed by atoms with Crippen LogP contribution < -0.4 is 19.7 Å². The van der Waals surface area contributed by atoms with E-state index in [1.807, 2.05) is 85.1 Å². The lowest BCUT2D eigenvalue weighted by Crippen LogP contribution is -2.29. The van der Waals surface area contributed by atoms with Gasteiger partial charge in [-0.05, 0) is 110 Å². The molecule has 1 aliphatic heterocycles. The van der Waals surface area contributed by atoms with E-state index in [4.69, 9.17) is 31.1 Å². The monoisotopic (exact) mass is 550 g/mol. The van der Waals surface area contributed by atoms with Crippen molar-refractivity contribution < 1.29 is 13.9 Å². The number of benzene rings is 2. The lowest BCUT2D eigenvalue weighted by molar-refractivity contribution is 0.413. The van der Waals surface area contributed by atoms with E-state index in [9.17, 15) is 0 Å². The maximum Gasteiger partial charge on any atom is 0.174 e. The molecule has 7 nitrogen and oxygen atoms in total. The van der Waals surface area contributed by atoms with Crippen LogP contribution in [0, 0.1) is 13.8 Å². The van der Waals surface area contributed by atoms with Crippen LogP contribution in [0.5, 0.6) is 17.2 Å². The molecule has 0 saturated carbocycles. The Bertz CT molecular complexity index is 1600. The third-order valence-corrected chi connectivity index (χ3v) is 7.65. The molecule has 0 aliphatic carbocycles. The van der Waals surface area contributed by atoms with Gasteiger partial charge in [0.15, 0.2) is 5.11 Å². The number of ether oxygens (including phenoxy) is 2. The fourth-order valence-corrected chi connectivity index (χ4v) is 5.68. The Kier molecular flexibility index (Phi) is 7.00. The van der Waals surface area contributed by atoms with Crippen LogP contribution >= 0.6 is 12.2 Å². The van der Waals surface area contributed by atoms with Crippen molar-refractivity contribution in [1.29, 1.82) is 0 Å². The quantitative estimate of drug-likeness (QED) is 0.206. The van der Waals surface area contributed by atoms with E-state index in [0.29, 0.717) is 11.7 Å². The van der Waals surface area contributed by atoms with E-state index in [1.54, 1.807) is 13.4 Å². The van der Waals surface area contributed by atoms with Crippen LogP contribution in [0.3, 0.4) is 0 Å². The number of hydrogen-bond donors (Lipinski definition) is 1. The van der Waals surface area contributed by atoms with Crippen molar-refractivity contribution in [2.45, 2.75) is 32.5 Å². The van der Waals surface area contributed by atoms with Crippen molar-refractivity contribution in [3.05, 3.63) is 126 Å². The molecule has 1 fully saturated rings. The highest BCUT2D eigenvalue weighted by Crippen LogP contribution is 2.43. The number of methoxy groups -OCH3 is 1. The minimum atomic E-state index is -0.124. The van der Waals surface area contributed by atoms with Gasteiger partial charge in [0.1, 0.15) is 23.0 Å². The van der Waals surface area contributed by atoms with E-state index in [-0.39, 0.29) is 12.1 Å². The second kappa shape index (κ2) is 10.9. The van der Waals surface area contributed by atoms with Gasteiger partial charge in [0.25, 0.3) is 0 Å². The normalized spacial score (nSPS) is 16.7. The third-order valence-electron chi connectivity index (χ3n) is 7.33. The number of rotatable bonds is 8. The summed E-state index contributed by atoms with van der Waals surface area (Å²) in [7, 11) is 1.65.